The van der Waals surface area contributed by atoms with Gasteiger partial charge in [0.15, 0.2) is 0 Å². The Balaban J connectivity index is 1.59. The fraction of sp³-hybridized carbons (Fsp3) is 0.381. The average Bonchev–Trinajstić information content (AvgIpc) is 2.88. The smallest absolute Gasteiger partial charge is 0.253 e. The predicted molar refractivity (Wildman–Crippen MR) is 105 cm³/mol. The second-order valence-electron chi connectivity index (χ2n) is 6.84. The maximum atomic E-state index is 12.7. The highest BCUT2D eigenvalue weighted by Crippen LogP contribution is 2.26. The van der Waals surface area contributed by atoms with E-state index in [-0.39, 0.29) is 12.5 Å². The third kappa shape index (κ3) is 5.15. The van der Waals surface area contributed by atoms with Crippen LogP contribution in [0.15, 0.2) is 48.5 Å². The van der Waals surface area contributed by atoms with Crippen molar-refractivity contribution in [3.8, 4) is 11.5 Å². The summed E-state index contributed by atoms with van der Waals surface area (Å²) in [4.78, 5) is 14.5. The first-order chi connectivity index (χ1) is 13.0. The first kappa shape index (κ1) is 19.5. The zero-order chi connectivity index (χ0) is 19.3. The molecule has 1 unspecified atom stereocenters. The monoisotopic (exact) mass is 389 g/mol. The summed E-state index contributed by atoms with van der Waals surface area (Å²) < 4.78 is 10.9. The van der Waals surface area contributed by atoms with Gasteiger partial charge in [-0.05, 0) is 61.7 Å². The van der Waals surface area contributed by atoms with Gasteiger partial charge >= 0.3 is 0 Å². The Labute approximate surface area is 164 Å². The Hall–Kier alpha value is -2.24. The van der Waals surface area contributed by atoms with Crippen LogP contribution in [0.1, 0.15) is 29.6 Å². The second-order valence-corrected chi connectivity index (χ2v) is 7.28. The van der Waals surface area contributed by atoms with Crippen LogP contribution in [0, 0.1) is 0 Å². The number of methoxy groups -OCH3 is 1. The van der Waals surface area contributed by atoms with Gasteiger partial charge in [-0.25, -0.2) is 0 Å². The highest BCUT2D eigenvalue weighted by Gasteiger charge is 2.32. The Morgan fingerprint density at radius 2 is 1.93 bits per heavy atom. The first-order valence-corrected chi connectivity index (χ1v) is 9.41. The van der Waals surface area contributed by atoms with E-state index in [2.05, 4.69) is 0 Å². The molecule has 1 N–H and O–H groups in total. The molecule has 1 aliphatic heterocycles. The molecule has 0 aliphatic carbocycles. The van der Waals surface area contributed by atoms with Gasteiger partial charge in [0.25, 0.3) is 5.91 Å². The molecule has 1 aliphatic rings. The molecule has 2 aromatic carbocycles. The van der Waals surface area contributed by atoms with Gasteiger partial charge in [-0.15, -0.1) is 0 Å². The number of aliphatic hydroxyl groups is 1. The van der Waals surface area contributed by atoms with Gasteiger partial charge in [0.2, 0.25) is 0 Å². The van der Waals surface area contributed by atoms with Crippen molar-refractivity contribution in [3.63, 3.8) is 0 Å². The van der Waals surface area contributed by atoms with Gasteiger partial charge in [-0.1, -0.05) is 17.7 Å². The zero-order valence-corrected chi connectivity index (χ0v) is 16.1. The van der Waals surface area contributed by atoms with Crippen LogP contribution >= 0.6 is 11.6 Å². The van der Waals surface area contributed by atoms with Gasteiger partial charge in [0.1, 0.15) is 23.7 Å². The Kier molecular flexibility index (Phi) is 6.24. The summed E-state index contributed by atoms with van der Waals surface area (Å²) in [6.07, 6.45) is 1.77. The van der Waals surface area contributed by atoms with Crippen LogP contribution in [0.5, 0.6) is 11.5 Å². The molecule has 5 nitrogen and oxygen atoms in total. The number of hydrogen-bond donors (Lipinski definition) is 1. The third-order valence-electron chi connectivity index (χ3n) is 4.85. The van der Waals surface area contributed by atoms with Crippen LogP contribution in [0.3, 0.4) is 0 Å². The second kappa shape index (κ2) is 8.63. The number of carbonyl (C=O) groups is 1. The molecule has 1 atom stereocenters. The fourth-order valence-corrected chi connectivity index (χ4v) is 3.40. The lowest BCUT2D eigenvalue weighted by Gasteiger charge is -2.27. The van der Waals surface area contributed by atoms with Crippen LogP contribution in [0.4, 0.5) is 0 Å². The third-order valence-corrected chi connectivity index (χ3v) is 5.08. The van der Waals surface area contributed by atoms with Gasteiger partial charge in [-0.3, -0.25) is 4.79 Å². The van der Waals surface area contributed by atoms with E-state index in [0.717, 1.165) is 12.2 Å². The number of ether oxygens (including phenoxy) is 2. The molecular weight excluding hydrogens is 366 g/mol. The van der Waals surface area contributed by atoms with Gasteiger partial charge in [0, 0.05) is 23.7 Å². The summed E-state index contributed by atoms with van der Waals surface area (Å²) in [7, 11) is 1.60. The lowest BCUT2D eigenvalue weighted by molar-refractivity contribution is -0.0163. The molecule has 6 heteroatoms. The molecule has 1 amide bonds. The van der Waals surface area contributed by atoms with E-state index >= 15 is 0 Å². The number of benzene rings is 2. The standard InChI is InChI=1S/C21H24ClNO4/c1-26-18-8-6-16(7-9-18)20(24)23-12-3-10-21(25,11-13-23)15-27-19-5-2-4-17(22)14-19/h2,4-9,14,25H,3,10-13,15H2,1H3. The molecule has 0 bridgehead atoms. The largest absolute Gasteiger partial charge is 0.497 e. The van der Waals surface area contributed by atoms with Crippen LogP contribution in [0.25, 0.3) is 0 Å². The van der Waals surface area contributed by atoms with Crippen LogP contribution < -0.4 is 9.47 Å². The van der Waals surface area contributed by atoms with Crippen molar-refractivity contribution in [2.24, 2.45) is 0 Å². The van der Waals surface area contributed by atoms with E-state index in [0.29, 0.717) is 42.3 Å². The number of rotatable bonds is 5. The van der Waals surface area contributed by atoms with Crippen molar-refractivity contribution >= 4 is 17.5 Å². The molecule has 1 heterocycles. The number of halogens is 1. The van der Waals surface area contributed by atoms with Crippen molar-refractivity contribution in [3.05, 3.63) is 59.1 Å². The zero-order valence-electron chi connectivity index (χ0n) is 15.4. The van der Waals surface area contributed by atoms with Crippen LogP contribution in [-0.4, -0.2) is 48.3 Å². The SMILES string of the molecule is COc1ccc(C(=O)N2CCCC(O)(COc3cccc(Cl)c3)CC2)cc1. The van der Waals surface area contributed by atoms with Crippen LogP contribution in [-0.2, 0) is 0 Å². The molecule has 0 radical (unpaired) electrons. The van der Waals surface area contributed by atoms with E-state index in [1.54, 1.807) is 48.4 Å². The number of carbonyl (C=O) groups excluding carboxylic acids is 1. The highest BCUT2D eigenvalue weighted by molar-refractivity contribution is 6.30. The van der Waals surface area contributed by atoms with E-state index in [4.69, 9.17) is 21.1 Å². The Bertz CT molecular complexity index is 780. The Morgan fingerprint density at radius 3 is 2.63 bits per heavy atom. The molecule has 27 heavy (non-hydrogen) atoms. The highest BCUT2D eigenvalue weighted by atomic mass is 35.5. The summed E-state index contributed by atoms with van der Waals surface area (Å²) in [5.74, 6) is 1.32. The summed E-state index contributed by atoms with van der Waals surface area (Å²) in [5.41, 5.74) is -0.339. The molecule has 0 spiro atoms. The quantitative estimate of drug-likeness (QED) is 0.845. The van der Waals surface area contributed by atoms with Crippen LogP contribution in [0.2, 0.25) is 5.02 Å². The van der Waals surface area contributed by atoms with Crippen molar-refractivity contribution in [2.75, 3.05) is 26.8 Å². The molecule has 1 fully saturated rings. The maximum absolute atomic E-state index is 12.7. The molecule has 3 rings (SSSR count). The minimum absolute atomic E-state index is 0.0299. The van der Waals surface area contributed by atoms with Crippen molar-refractivity contribution < 1.29 is 19.4 Å². The summed E-state index contributed by atoms with van der Waals surface area (Å²) in [6.45, 7) is 1.28. The number of hydrogen-bond acceptors (Lipinski definition) is 4. The summed E-state index contributed by atoms with van der Waals surface area (Å²) in [6, 6.07) is 14.2. The molecule has 144 valence electrons. The first-order valence-electron chi connectivity index (χ1n) is 9.03. The number of likely N-dealkylation sites (tertiary alicyclic amines) is 1. The van der Waals surface area contributed by atoms with Crippen molar-refractivity contribution in [2.45, 2.75) is 24.9 Å². The molecule has 0 saturated carbocycles. The van der Waals surface area contributed by atoms with Gasteiger partial charge in [0.05, 0.1) is 7.11 Å². The molecular formula is C21H24ClNO4. The molecule has 0 aromatic heterocycles. The normalized spacial score (nSPS) is 20.0. The minimum atomic E-state index is -0.961. The summed E-state index contributed by atoms with van der Waals surface area (Å²) in [5, 5.41) is 11.5. The molecule has 2 aromatic rings. The predicted octanol–water partition coefficient (Wildman–Crippen LogP) is 3.78. The maximum Gasteiger partial charge on any atom is 0.253 e. The van der Waals surface area contributed by atoms with E-state index in [1.165, 1.54) is 0 Å². The van der Waals surface area contributed by atoms with E-state index in [9.17, 15) is 9.90 Å². The van der Waals surface area contributed by atoms with Gasteiger partial charge < -0.3 is 19.5 Å². The number of amides is 1. The number of nitrogens with zero attached hydrogens (tertiary/aromatic N) is 1. The van der Waals surface area contributed by atoms with Gasteiger partial charge in [-0.2, -0.15) is 0 Å². The van der Waals surface area contributed by atoms with Crippen molar-refractivity contribution in [1.29, 1.82) is 0 Å². The van der Waals surface area contributed by atoms with E-state index < -0.39 is 5.60 Å². The Morgan fingerprint density at radius 1 is 1.15 bits per heavy atom. The fourth-order valence-electron chi connectivity index (χ4n) is 3.22. The summed E-state index contributed by atoms with van der Waals surface area (Å²) >= 11 is 5.96. The minimum Gasteiger partial charge on any atom is -0.497 e. The average molecular weight is 390 g/mol. The lowest BCUT2D eigenvalue weighted by atomic mass is 9.96. The van der Waals surface area contributed by atoms with E-state index in [1.807, 2.05) is 12.1 Å². The lowest BCUT2D eigenvalue weighted by Crippen LogP contribution is -2.38. The topological polar surface area (TPSA) is 59.0 Å². The molecule has 1 saturated heterocycles. The van der Waals surface area contributed by atoms with Crippen molar-refractivity contribution in [1.82, 2.24) is 4.90 Å².